The maximum Gasteiger partial charge on any atom is 0.169 e. The molecule has 106 valence electrons. The van der Waals surface area contributed by atoms with Crippen LogP contribution in [-0.4, -0.2) is 9.55 Å². The van der Waals surface area contributed by atoms with Crippen molar-refractivity contribution in [2.45, 2.75) is 19.9 Å². The third kappa shape index (κ3) is 2.87. The van der Waals surface area contributed by atoms with Crippen LogP contribution in [0.1, 0.15) is 24.7 Å². The Morgan fingerprint density at radius 1 is 1.10 bits per heavy atom. The van der Waals surface area contributed by atoms with Crippen molar-refractivity contribution in [2.75, 3.05) is 0 Å². The molecule has 0 fully saturated rings. The first-order valence-corrected chi connectivity index (χ1v) is 7.36. The van der Waals surface area contributed by atoms with E-state index < -0.39 is 0 Å². The standard InChI is InChI=1S/C18H20N3/c1-3-12-21-17-7-5-4-6-16(17)19-18(21)9-8-15-10-13-20(2)14-11-15/h4-11,13-14H,3,12H2,1-2H3/q+1. The topological polar surface area (TPSA) is 21.7 Å². The quantitative estimate of drug-likeness (QED) is 0.670. The highest BCUT2D eigenvalue weighted by molar-refractivity contribution is 5.79. The van der Waals surface area contributed by atoms with Crippen LogP contribution < -0.4 is 4.57 Å². The molecule has 3 aromatic rings. The van der Waals surface area contributed by atoms with E-state index in [-0.39, 0.29) is 0 Å². The van der Waals surface area contributed by atoms with Gasteiger partial charge in [0.2, 0.25) is 0 Å². The molecule has 3 nitrogen and oxygen atoms in total. The molecule has 0 aliphatic carbocycles. The van der Waals surface area contributed by atoms with Crippen LogP contribution in [0.3, 0.4) is 0 Å². The second kappa shape index (κ2) is 5.92. The van der Waals surface area contributed by atoms with Crippen molar-refractivity contribution in [3.8, 4) is 0 Å². The Hall–Kier alpha value is -2.42. The number of para-hydroxylation sites is 2. The van der Waals surface area contributed by atoms with Crippen LogP contribution in [0.5, 0.6) is 0 Å². The summed E-state index contributed by atoms with van der Waals surface area (Å²) in [6.07, 6.45) is 9.42. The number of hydrogen-bond acceptors (Lipinski definition) is 1. The van der Waals surface area contributed by atoms with Gasteiger partial charge in [-0.15, -0.1) is 0 Å². The lowest BCUT2D eigenvalue weighted by Gasteiger charge is -2.04. The molecule has 0 aliphatic heterocycles. The highest BCUT2D eigenvalue weighted by Gasteiger charge is 2.06. The minimum atomic E-state index is 0.990. The molecule has 0 amide bonds. The number of aryl methyl sites for hydroxylation is 2. The summed E-state index contributed by atoms with van der Waals surface area (Å²) in [4.78, 5) is 4.73. The Morgan fingerprint density at radius 2 is 1.86 bits per heavy atom. The molecule has 21 heavy (non-hydrogen) atoms. The minimum absolute atomic E-state index is 0.990. The van der Waals surface area contributed by atoms with E-state index in [1.54, 1.807) is 0 Å². The third-order valence-corrected chi connectivity index (χ3v) is 3.56. The molecule has 0 atom stereocenters. The van der Waals surface area contributed by atoms with E-state index in [1.807, 2.05) is 17.7 Å². The summed E-state index contributed by atoms with van der Waals surface area (Å²) in [6, 6.07) is 12.5. The van der Waals surface area contributed by atoms with E-state index in [0.717, 1.165) is 24.3 Å². The molecule has 0 unspecified atom stereocenters. The summed E-state index contributed by atoms with van der Waals surface area (Å²) < 4.78 is 4.32. The van der Waals surface area contributed by atoms with Gasteiger partial charge in [0.1, 0.15) is 12.9 Å². The first-order valence-electron chi connectivity index (χ1n) is 7.36. The number of imidazole rings is 1. The Bertz CT molecular complexity index is 767. The molecule has 0 saturated carbocycles. The third-order valence-electron chi connectivity index (χ3n) is 3.56. The second-order valence-electron chi connectivity index (χ2n) is 5.24. The number of benzene rings is 1. The van der Waals surface area contributed by atoms with Gasteiger partial charge in [0.15, 0.2) is 12.4 Å². The molecule has 0 spiro atoms. The van der Waals surface area contributed by atoms with Crippen LogP contribution in [0.25, 0.3) is 23.2 Å². The lowest BCUT2D eigenvalue weighted by atomic mass is 10.2. The molecule has 0 aliphatic rings. The molecule has 1 aromatic carbocycles. The molecular weight excluding hydrogens is 258 g/mol. The fourth-order valence-electron chi connectivity index (χ4n) is 2.47. The van der Waals surface area contributed by atoms with Gasteiger partial charge in [-0.05, 0) is 30.2 Å². The zero-order valence-corrected chi connectivity index (χ0v) is 12.5. The molecule has 2 heterocycles. The summed E-state index contributed by atoms with van der Waals surface area (Å²) in [5.74, 6) is 1.02. The van der Waals surface area contributed by atoms with Crippen LogP contribution >= 0.6 is 0 Å². The Balaban J connectivity index is 1.99. The van der Waals surface area contributed by atoms with Crippen LogP contribution in [0, 0.1) is 0 Å². The number of hydrogen-bond donors (Lipinski definition) is 0. The largest absolute Gasteiger partial charge is 0.324 e. The normalized spacial score (nSPS) is 11.5. The maximum absolute atomic E-state index is 4.73. The molecule has 0 N–H and O–H groups in total. The number of aromatic nitrogens is 3. The molecule has 0 saturated heterocycles. The van der Waals surface area contributed by atoms with E-state index in [9.17, 15) is 0 Å². The van der Waals surface area contributed by atoms with Crippen molar-refractivity contribution < 1.29 is 4.57 Å². The zero-order chi connectivity index (χ0) is 14.7. The van der Waals surface area contributed by atoms with Crippen molar-refractivity contribution in [2.24, 2.45) is 7.05 Å². The monoisotopic (exact) mass is 278 g/mol. The molecule has 0 radical (unpaired) electrons. The fourth-order valence-corrected chi connectivity index (χ4v) is 2.47. The van der Waals surface area contributed by atoms with Gasteiger partial charge >= 0.3 is 0 Å². The van der Waals surface area contributed by atoms with Gasteiger partial charge in [-0.25, -0.2) is 9.55 Å². The van der Waals surface area contributed by atoms with Crippen molar-refractivity contribution in [1.82, 2.24) is 9.55 Å². The van der Waals surface area contributed by atoms with Crippen molar-refractivity contribution in [3.05, 3.63) is 60.2 Å². The molecular formula is C18H20N3+. The smallest absolute Gasteiger partial charge is 0.169 e. The predicted octanol–water partition coefficient (Wildman–Crippen LogP) is 3.44. The van der Waals surface area contributed by atoms with Gasteiger partial charge in [0, 0.05) is 18.7 Å². The lowest BCUT2D eigenvalue weighted by molar-refractivity contribution is -0.671. The van der Waals surface area contributed by atoms with E-state index in [0.29, 0.717) is 0 Å². The summed E-state index contributed by atoms with van der Waals surface area (Å²) in [5, 5.41) is 0. The van der Waals surface area contributed by atoms with Gasteiger partial charge in [0.05, 0.1) is 11.0 Å². The fraction of sp³-hybridized carbons (Fsp3) is 0.222. The SMILES string of the molecule is CCCn1c(/C=C/c2cc[n+](C)cc2)nc2ccccc21. The van der Waals surface area contributed by atoms with Gasteiger partial charge in [-0.2, -0.15) is 0 Å². The summed E-state index contributed by atoms with van der Waals surface area (Å²) >= 11 is 0. The first-order chi connectivity index (χ1) is 10.3. The van der Waals surface area contributed by atoms with E-state index in [1.165, 1.54) is 11.1 Å². The highest BCUT2D eigenvalue weighted by atomic mass is 15.1. The van der Waals surface area contributed by atoms with E-state index in [2.05, 4.69) is 66.4 Å². The molecule has 0 bridgehead atoms. The summed E-state index contributed by atoms with van der Waals surface area (Å²) in [5.41, 5.74) is 3.45. The van der Waals surface area contributed by atoms with Crippen LogP contribution in [-0.2, 0) is 13.6 Å². The average molecular weight is 278 g/mol. The van der Waals surface area contributed by atoms with Crippen molar-refractivity contribution in [3.63, 3.8) is 0 Å². The van der Waals surface area contributed by atoms with Crippen LogP contribution in [0.4, 0.5) is 0 Å². The molecule has 3 rings (SSSR count). The molecule has 3 heteroatoms. The number of rotatable bonds is 4. The second-order valence-corrected chi connectivity index (χ2v) is 5.24. The van der Waals surface area contributed by atoms with Crippen molar-refractivity contribution in [1.29, 1.82) is 0 Å². The van der Waals surface area contributed by atoms with Gasteiger partial charge in [-0.1, -0.05) is 25.1 Å². The van der Waals surface area contributed by atoms with Gasteiger partial charge < -0.3 is 4.57 Å². The number of fused-ring (bicyclic) bond motifs is 1. The Morgan fingerprint density at radius 3 is 2.62 bits per heavy atom. The zero-order valence-electron chi connectivity index (χ0n) is 12.5. The highest BCUT2D eigenvalue weighted by Crippen LogP contribution is 2.18. The number of pyridine rings is 1. The summed E-state index contributed by atoms with van der Waals surface area (Å²) in [6.45, 7) is 3.18. The first kappa shape index (κ1) is 13.6. The lowest BCUT2D eigenvalue weighted by Crippen LogP contribution is -2.25. The predicted molar refractivity (Wildman–Crippen MR) is 86.6 cm³/mol. The molecule has 2 aromatic heterocycles. The average Bonchev–Trinajstić information content (AvgIpc) is 2.85. The van der Waals surface area contributed by atoms with E-state index in [4.69, 9.17) is 4.98 Å². The summed E-state index contributed by atoms with van der Waals surface area (Å²) in [7, 11) is 2.02. The van der Waals surface area contributed by atoms with Crippen molar-refractivity contribution >= 4 is 23.2 Å². The maximum atomic E-state index is 4.73. The van der Waals surface area contributed by atoms with Crippen LogP contribution in [0.15, 0.2) is 48.8 Å². The minimum Gasteiger partial charge on any atom is -0.324 e. The Kier molecular flexibility index (Phi) is 3.82. The van der Waals surface area contributed by atoms with Gasteiger partial charge in [0.25, 0.3) is 0 Å². The van der Waals surface area contributed by atoms with Gasteiger partial charge in [-0.3, -0.25) is 0 Å². The number of nitrogens with zero attached hydrogens (tertiary/aromatic N) is 3. The Labute approximate surface area is 125 Å². The van der Waals surface area contributed by atoms with E-state index >= 15 is 0 Å². The van der Waals surface area contributed by atoms with Crippen LogP contribution in [0.2, 0.25) is 0 Å².